The lowest BCUT2D eigenvalue weighted by Gasteiger charge is -2.25. The molecule has 138 valence electrons. The van der Waals surface area contributed by atoms with E-state index in [0.29, 0.717) is 9.88 Å². The molecule has 6 heteroatoms. The van der Waals surface area contributed by atoms with Crippen LogP contribution >= 0.6 is 11.3 Å². The van der Waals surface area contributed by atoms with Crippen LogP contribution in [-0.2, 0) is 12.8 Å². The number of amides is 2. The fourth-order valence-corrected chi connectivity index (χ4v) is 4.39. The van der Waals surface area contributed by atoms with Crippen LogP contribution in [0.15, 0.2) is 53.1 Å². The Labute approximate surface area is 161 Å². The molecule has 1 atom stereocenters. The van der Waals surface area contributed by atoms with Crippen molar-refractivity contribution >= 4 is 28.2 Å². The van der Waals surface area contributed by atoms with Gasteiger partial charge in [0.25, 0.3) is 11.8 Å². The van der Waals surface area contributed by atoms with E-state index in [-0.39, 0.29) is 23.6 Å². The summed E-state index contributed by atoms with van der Waals surface area (Å²) in [5, 5.41) is 6.57. The molecular weight excluding hydrogens is 360 g/mol. The molecule has 2 N–H and O–H groups in total. The molecule has 2 aromatic heterocycles. The summed E-state index contributed by atoms with van der Waals surface area (Å²) in [7, 11) is 0. The van der Waals surface area contributed by atoms with Crippen molar-refractivity contribution in [2.45, 2.75) is 32.2 Å². The van der Waals surface area contributed by atoms with E-state index in [1.165, 1.54) is 28.7 Å². The van der Waals surface area contributed by atoms with Gasteiger partial charge in [0.05, 0.1) is 16.1 Å². The predicted octanol–water partition coefficient (Wildman–Crippen LogP) is 4.19. The Balaban J connectivity index is 1.42. The van der Waals surface area contributed by atoms with Crippen LogP contribution in [0, 0.1) is 6.92 Å². The van der Waals surface area contributed by atoms with Crippen molar-refractivity contribution < 1.29 is 14.0 Å². The van der Waals surface area contributed by atoms with Gasteiger partial charge in [-0.2, -0.15) is 0 Å². The highest BCUT2D eigenvalue weighted by molar-refractivity contribution is 7.18. The molecule has 2 heterocycles. The highest BCUT2D eigenvalue weighted by atomic mass is 32.1. The van der Waals surface area contributed by atoms with Crippen molar-refractivity contribution in [3.8, 4) is 0 Å². The lowest BCUT2D eigenvalue weighted by Crippen LogP contribution is -2.38. The van der Waals surface area contributed by atoms with Crippen LogP contribution in [0.5, 0.6) is 0 Å². The number of nitrogens with one attached hydrogen (secondary N) is 2. The number of rotatable bonds is 4. The van der Waals surface area contributed by atoms with Crippen LogP contribution in [0.4, 0.5) is 5.00 Å². The van der Waals surface area contributed by atoms with E-state index in [9.17, 15) is 9.59 Å². The van der Waals surface area contributed by atoms with Gasteiger partial charge in [0.15, 0.2) is 5.76 Å². The molecule has 1 aromatic carbocycles. The second-order valence-electron chi connectivity index (χ2n) is 6.74. The summed E-state index contributed by atoms with van der Waals surface area (Å²) >= 11 is 1.28. The van der Waals surface area contributed by atoms with Gasteiger partial charge < -0.3 is 15.1 Å². The summed E-state index contributed by atoms with van der Waals surface area (Å²) < 4.78 is 5.09. The summed E-state index contributed by atoms with van der Waals surface area (Å²) in [6.07, 6.45) is 4.23. The standard InChI is InChI=1S/C21H20N2O3S/c1-13-11-18(23-20(24)17-7-4-10-26-17)27-19(13)21(25)22-16-9-8-14-5-2-3-6-15(14)12-16/h2-7,10-11,16H,8-9,12H2,1H3,(H,22,25)(H,23,24). The summed E-state index contributed by atoms with van der Waals surface area (Å²) in [5.41, 5.74) is 3.53. The molecular formula is C21H20N2O3S. The summed E-state index contributed by atoms with van der Waals surface area (Å²) in [4.78, 5) is 25.5. The quantitative estimate of drug-likeness (QED) is 0.713. The second kappa shape index (κ2) is 7.40. The van der Waals surface area contributed by atoms with Gasteiger partial charge in [-0.25, -0.2) is 0 Å². The lowest BCUT2D eigenvalue weighted by molar-refractivity contribution is 0.0936. The number of carbonyl (C=O) groups is 2. The van der Waals surface area contributed by atoms with Crippen molar-refractivity contribution in [3.05, 3.63) is 76.1 Å². The van der Waals surface area contributed by atoms with Crippen molar-refractivity contribution in [1.82, 2.24) is 5.32 Å². The number of furan rings is 1. The Morgan fingerprint density at radius 1 is 1.11 bits per heavy atom. The first-order valence-corrected chi connectivity index (χ1v) is 9.75. The van der Waals surface area contributed by atoms with Crippen LogP contribution in [0.1, 0.15) is 43.3 Å². The third-order valence-corrected chi connectivity index (χ3v) is 5.94. The maximum atomic E-state index is 12.7. The number of aryl methyl sites for hydroxylation is 2. The Kier molecular flexibility index (Phi) is 4.81. The van der Waals surface area contributed by atoms with E-state index in [4.69, 9.17) is 4.42 Å². The highest BCUT2D eigenvalue weighted by Gasteiger charge is 2.22. The van der Waals surface area contributed by atoms with E-state index in [1.807, 2.05) is 19.1 Å². The topological polar surface area (TPSA) is 71.3 Å². The minimum atomic E-state index is -0.322. The zero-order valence-corrected chi connectivity index (χ0v) is 15.8. The molecule has 0 fully saturated rings. The Morgan fingerprint density at radius 3 is 2.70 bits per heavy atom. The molecule has 0 saturated carbocycles. The first kappa shape index (κ1) is 17.5. The maximum absolute atomic E-state index is 12.7. The largest absolute Gasteiger partial charge is 0.459 e. The number of anilines is 1. The summed E-state index contributed by atoms with van der Waals surface area (Å²) in [5.74, 6) is -0.162. The zero-order chi connectivity index (χ0) is 18.8. The van der Waals surface area contributed by atoms with Crippen LogP contribution in [-0.4, -0.2) is 17.9 Å². The number of fused-ring (bicyclic) bond motifs is 1. The zero-order valence-electron chi connectivity index (χ0n) is 15.0. The first-order valence-electron chi connectivity index (χ1n) is 8.93. The van der Waals surface area contributed by atoms with Gasteiger partial charge in [0.2, 0.25) is 0 Å². The van der Waals surface area contributed by atoms with Crippen molar-refractivity contribution in [3.63, 3.8) is 0 Å². The Hall–Kier alpha value is -2.86. The number of hydrogen-bond acceptors (Lipinski definition) is 4. The average Bonchev–Trinajstić information content (AvgIpc) is 3.31. The first-order chi connectivity index (χ1) is 13.1. The molecule has 0 saturated heterocycles. The molecule has 1 unspecified atom stereocenters. The fraction of sp³-hybridized carbons (Fsp3) is 0.238. The molecule has 1 aliphatic carbocycles. The summed E-state index contributed by atoms with van der Waals surface area (Å²) in [6, 6.07) is 13.6. The molecule has 0 aliphatic heterocycles. The van der Waals surface area contributed by atoms with Crippen molar-refractivity contribution in [1.29, 1.82) is 0 Å². The van der Waals surface area contributed by atoms with Gasteiger partial charge in [-0.15, -0.1) is 11.3 Å². The van der Waals surface area contributed by atoms with Gasteiger partial charge in [0.1, 0.15) is 0 Å². The molecule has 4 rings (SSSR count). The van der Waals surface area contributed by atoms with E-state index >= 15 is 0 Å². The molecule has 0 bridgehead atoms. The van der Waals surface area contributed by atoms with Gasteiger partial charge >= 0.3 is 0 Å². The van der Waals surface area contributed by atoms with E-state index in [2.05, 4.69) is 28.8 Å². The maximum Gasteiger partial charge on any atom is 0.291 e. The molecule has 0 spiro atoms. The number of carbonyl (C=O) groups excluding carboxylic acids is 2. The third-order valence-electron chi connectivity index (χ3n) is 4.79. The van der Waals surface area contributed by atoms with E-state index < -0.39 is 0 Å². The molecule has 5 nitrogen and oxygen atoms in total. The van der Waals surface area contributed by atoms with Crippen molar-refractivity contribution in [2.24, 2.45) is 0 Å². The molecule has 1 aliphatic rings. The van der Waals surface area contributed by atoms with Gasteiger partial charge in [-0.05, 0) is 61.1 Å². The molecule has 3 aromatic rings. The molecule has 0 radical (unpaired) electrons. The molecule has 27 heavy (non-hydrogen) atoms. The predicted molar refractivity (Wildman–Crippen MR) is 105 cm³/mol. The monoisotopic (exact) mass is 380 g/mol. The minimum Gasteiger partial charge on any atom is -0.459 e. The lowest BCUT2D eigenvalue weighted by atomic mass is 9.88. The number of thiophene rings is 1. The highest BCUT2D eigenvalue weighted by Crippen LogP contribution is 2.28. The fourth-order valence-electron chi connectivity index (χ4n) is 3.42. The van der Waals surface area contributed by atoms with Gasteiger partial charge in [-0.1, -0.05) is 24.3 Å². The minimum absolute atomic E-state index is 0.0830. The normalized spacial score (nSPS) is 15.8. The van der Waals surface area contributed by atoms with E-state index in [0.717, 1.165) is 24.8 Å². The summed E-state index contributed by atoms with van der Waals surface area (Å²) in [6.45, 7) is 1.88. The number of benzene rings is 1. The smallest absolute Gasteiger partial charge is 0.291 e. The van der Waals surface area contributed by atoms with Crippen LogP contribution in [0.25, 0.3) is 0 Å². The van der Waals surface area contributed by atoms with Gasteiger partial charge in [0, 0.05) is 6.04 Å². The van der Waals surface area contributed by atoms with Crippen molar-refractivity contribution in [2.75, 3.05) is 5.32 Å². The molecule has 2 amide bonds. The van der Waals surface area contributed by atoms with E-state index in [1.54, 1.807) is 12.1 Å². The SMILES string of the molecule is Cc1cc(NC(=O)c2ccco2)sc1C(=O)NC1CCc2ccccc2C1. The van der Waals surface area contributed by atoms with Crippen LogP contribution in [0.3, 0.4) is 0 Å². The average molecular weight is 380 g/mol. The van der Waals surface area contributed by atoms with Crippen LogP contribution in [0.2, 0.25) is 0 Å². The number of hydrogen-bond donors (Lipinski definition) is 2. The van der Waals surface area contributed by atoms with Gasteiger partial charge in [-0.3, -0.25) is 9.59 Å². The Bertz CT molecular complexity index is 975. The van der Waals surface area contributed by atoms with Crippen LogP contribution < -0.4 is 10.6 Å². The third kappa shape index (κ3) is 3.80. The second-order valence-corrected chi connectivity index (χ2v) is 7.79. The Morgan fingerprint density at radius 2 is 1.93 bits per heavy atom.